The quantitative estimate of drug-likeness (QED) is 0.764. The van der Waals surface area contributed by atoms with Gasteiger partial charge < -0.3 is 0 Å². The molecule has 86 valence electrons. The van der Waals surface area contributed by atoms with E-state index in [2.05, 4.69) is 0 Å². The van der Waals surface area contributed by atoms with E-state index in [-0.39, 0.29) is 5.82 Å². The molecule has 0 bridgehead atoms. The lowest BCUT2D eigenvalue weighted by atomic mass is 10.2. The van der Waals surface area contributed by atoms with E-state index in [0.29, 0.717) is 20.4 Å². The second-order valence-electron chi connectivity index (χ2n) is 3.33. The first-order valence-electron chi connectivity index (χ1n) is 4.88. The summed E-state index contributed by atoms with van der Waals surface area (Å²) < 4.78 is 13.5. The van der Waals surface area contributed by atoms with E-state index in [9.17, 15) is 9.18 Å². The average Bonchev–Trinajstić information content (AvgIpc) is 2.32. The highest BCUT2D eigenvalue weighted by Crippen LogP contribution is 2.33. The Bertz CT molecular complexity index is 557. The summed E-state index contributed by atoms with van der Waals surface area (Å²) in [4.78, 5) is 12.0. The first-order chi connectivity index (χ1) is 8.20. The molecule has 0 aliphatic carbocycles. The average molecular weight is 267 g/mol. The van der Waals surface area contributed by atoms with Crippen LogP contribution in [-0.4, -0.2) is 6.29 Å². The minimum atomic E-state index is -0.311. The summed E-state index contributed by atoms with van der Waals surface area (Å²) >= 11 is 7.05. The Balaban J connectivity index is 2.39. The summed E-state index contributed by atoms with van der Waals surface area (Å²) in [6.45, 7) is 0. The second-order valence-corrected chi connectivity index (χ2v) is 4.85. The summed E-state index contributed by atoms with van der Waals surface area (Å²) in [5.74, 6) is -0.311. The zero-order valence-corrected chi connectivity index (χ0v) is 10.3. The van der Waals surface area contributed by atoms with Crippen LogP contribution in [-0.2, 0) is 0 Å². The van der Waals surface area contributed by atoms with Crippen LogP contribution >= 0.6 is 23.4 Å². The van der Waals surface area contributed by atoms with Crippen molar-refractivity contribution in [3.05, 3.63) is 58.9 Å². The van der Waals surface area contributed by atoms with Gasteiger partial charge in [-0.05, 0) is 30.3 Å². The second kappa shape index (κ2) is 5.34. The zero-order valence-electron chi connectivity index (χ0n) is 8.69. The van der Waals surface area contributed by atoms with Gasteiger partial charge in [0.05, 0.1) is 0 Å². The van der Waals surface area contributed by atoms with E-state index in [1.165, 1.54) is 17.8 Å². The van der Waals surface area contributed by atoms with Gasteiger partial charge in [0.2, 0.25) is 0 Å². The Morgan fingerprint density at radius 1 is 1.12 bits per heavy atom. The maximum Gasteiger partial charge on any atom is 0.151 e. The maximum absolute atomic E-state index is 13.5. The minimum Gasteiger partial charge on any atom is -0.298 e. The molecule has 0 N–H and O–H groups in total. The Morgan fingerprint density at radius 3 is 2.59 bits per heavy atom. The Labute approximate surface area is 108 Å². The molecule has 0 aliphatic rings. The molecule has 17 heavy (non-hydrogen) atoms. The Morgan fingerprint density at radius 2 is 1.88 bits per heavy atom. The summed E-state index contributed by atoms with van der Waals surface area (Å²) in [5, 5.41) is 0.523. The Hall–Kier alpha value is -1.32. The fourth-order valence-electron chi connectivity index (χ4n) is 1.34. The number of benzene rings is 2. The lowest BCUT2D eigenvalue weighted by molar-refractivity contribution is 0.112. The molecule has 0 heterocycles. The van der Waals surface area contributed by atoms with Crippen molar-refractivity contribution in [2.45, 2.75) is 9.79 Å². The number of carbonyl (C=O) groups is 1. The molecule has 2 aromatic carbocycles. The van der Waals surface area contributed by atoms with Crippen LogP contribution in [0, 0.1) is 5.82 Å². The van der Waals surface area contributed by atoms with Gasteiger partial charge in [0.15, 0.2) is 6.29 Å². The van der Waals surface area contributed by atoms with Crippen molar-refractivity contribution in [3.8, 4) is 0 Å². The van der Waals surface area contributed by atoms with E-state index in [1.807, 2.05) is 0 Å². The van der Waals surface area contributed by atoms with Crippen molar-refractivity contribution in [2.24, 2.45) is 0 Å². The largest absolute Gasteiger partial charge is 0.298 e. The lowest BCUT2D eigenvalue weighted by Gasteiger charge is -2.05. The molecule has 2 aromatic rings. The van der Waals surface area contributed by atoms with Gasteiger partial charge in [0.25, 0.3) is 0 Å². The maximum atomic E-state index is 13.5. The van der Waals surface area contributed by atoms with Crippen LogP contribution in [0.4, 0.5) is 4.39 Å². The van der Waals surface area contributed by atoms with Crippen molar-refractivity contribution < 1.29 is 9.18 Å². The summed E-state index contributed by atoms with van der Waals surface area (Å²) in [6, 6.07) is 11.3. The van der Waals surface area contributed by atoms with E-state index < -0.39 is 0 Å². The molecule has 0 unspecified atom stereocenters. The standard InChI is InChI=1S/C13H8ClFOS/c14-10-6-5-9(8-16)13(7-10)17-12-4-2-1-3-11(12)15/h1-8H. The molecule has 2 rings (SSSR count). The number of carbonyl (C=O) groups excluding carboxylic acids is 1. The predicted molar refractivity (Wildman–Crippen MR) is 67.4 cm³/mol. The predicted octanol–water partition coefficient (Wildman–Crippen LogP) is 4.44. The van der Waals surface area contributed by atoms with Crippen LogP contribution < -0.4 is 0 Å². The van der Waals surface area contributed by atoms with Crippen molar-refractivity contribution in [1.29, 1.82) is 0 Å². The highest BCUT2D eigenvalue weighted by atomic mass is 35.5. The monoisotopic (exact) mass is 266 g/mol. The third-order valence-corrected chi connectivity index (χ3v) is 3.52. The van der Waals surface area contributed by atoms with Gasteiger partial charge in [-0.15, -0.1) is 0 Å². The van der Waals surface area contributed by atoms with Gasteiger partial charge in [-0.25, -0.2) is 4.39 Å². The molecule has 0 atom stereocenters. The normalized spacial score (nSPS) is 10.2. The number of halogens is 2. The van der Waals surface area contributed by atoms with Crippen molar-refractivity contribution in [2.75, 3.05) is 0 Å². The van der Waals surface area contributed by atoms with Gasteiger partial charge in [0, 0.05) is 20.4 Å². The van der Waals surface area contributed by atoms with Crippen molar-refractivity contribution in [1.82, 2.24) is 0 Å². The first kappa shape index (κ1) is 12.1. The van der Waals surface area contributed by atoms with Gasteiger partial charge >= 0.3 is 0 Å². The molecule has 0 saturated carbocycles. The molecular weight excluding hydrogens is 259 g/mol. The Kier molecular flexibility index (Phi) is 3.82. The van der Waals surface area contributed by atoms with E-state index in [0.717, 1.165) is 6.29 Å². The molecule has 0 spiro atoms. The molecule has 0 radical (unpaired) electrons. The van der Waals surface area contributed by atoms with Crippen LogP contribution in [0.2, 0.25) is 5.02 Å². The highest BCUT2D eigenvalue weighted by molar-refractivity contribution is 7.99. The molecule has 0 aliphatic heterocycles. The summed E-state index contributed by atoms with van der Waals surface area (Å²) in [6.07, 6.45) is 0.736. The van der Waals surface area contributed by atoms with E-state index >= 15 is 0 Å². The van der Waals surface area contributed by atoms with Crippen LogP contribution in [0.1, 0.15) is 10.4 Å². The van der Waals surface area contributed by atoms with Crippen molar-refractivity contribution in [3.63, 3.8) is 0 Å². The molecule has 0 amide bonds. The summed E-state index contributed by atoms with van der Waals surface area (Å²) in [7, 11) is 0. The fourth-order valence-corrected chi connectivity index (χ4v) is 2.55. The fraction of sp³-hybridized carbons (Fsp3) is 0. The third-order valence-electron chi connectivity index (χ3n) is 2.16. The molecule has 0 saturated heterocycles. The smallest absolute Gasteiger partial charge is 0.151 e. The van der Waals surface area contributed by atoms with Gasteiger partial charge in [0.1, 0.15) is 5.82 Å². The van der Waals surface area contributed by atoms with Crippen LogP contribution in [0.15, 0.2) is 52.3 Å². The number of hydrogen-bond donors (Lipinski definition) is 0. The molecule has 1 nitrogen and oxygen atoms in total. The molecule has 4 heteroatoms. The topological polar surface area (TPSA) is 17.1 Å². The van der Waals surface area contributed by atoms with Gasteiger partial charge in [-0.1, -0.05) is 35.5 Å². The van der Waals surface area contributed by atoms with Crippen LogP contribution in [0.25, 0.3) is 0 Å². The minimum absolute atomic E-state index is 0.311. The number of rotatable bonds is 3. The van der Waals surface area contributed by atoms with Gasteiger partial charge in [-0.2, -0.15) is 0 Å². The van der Waals surface area contributed by atoms with Crippen LogP contribution in [0.3, 0.4) is 0 Å². The summed E-state index contributed by atoms with van der Waals surface area (Å²) in [5.41, 5.74) is 0.502. The molecule has 0 fully saturated rings. The highest BCUT2D eigenvalue weighted by Gasteiger charge is 2.07. The lowest BCUT2D eigenvalue weighted by Crippen LogP contribution is -1.86. The number of aldehydes is 1. The van der Waals surface area contributed by atoms with E-state index in [1.54, 1.807) is 36.4 Å². The molecular formula is C13H8ClFOS. The zero-order chi connectivity index (χ0) is 12.3. The van der Waals surface area contributed by atoms with E-state index in [4.69, 9.17) is 11.6 Å². The molecule has 0 aromatic heterocycles. The van der Waals surface area contributed by atoms with Crippen molar-refractivity contribution >= 4 is 29.6 Å². The third kappa shape index (κ3) is 2.87. The van der Waals surface area contributed by atoms with Crippen LogP contribution in [0.5, 0.6) is 0 Å². The van der Waals surface area contributed by atoms with Gasteiger partial charge in [-0.3, -0.25) is 4.79 Å². The number of hydrogen-bond acceptors (Lipinski definition) is 2. The SMILES string of the molecule is O=Cc1ccc(Cl)cc1Sc1ccccc1F. The first-order valence-corrected chi connectivity index (χ1v) is 6.07.